The van der Waals surface area contributed by atoms with E-state index in [2.05, 4.69) is 5.32 Å². The minimum absolute atomic E-state index is 0.0937. The molecule has 1 unspecified atom stereocenters. The van der Waals surface area contributed by atoms with Crippen LogP contribution >= 0.6 is 0 Å². The third-order valence-electron chi connectivity index (χ3n) is 4.99. The lowest BCUT2D eigenvalue weighted by Crippen LogP contribution is -2.45. The van der Waals surface area contributed by atoms with Gasteiger partial charge in [0.05, 0.1) is 9.82 Å². The number of amides is 2. The van der Waals surface area contributed by atoms with Crippen LogP contribution in [-0.2, 0) is 19.6 Å². The second-order valence-corrected chi connectivity index (χ2v) is 8.71. The average Bonchev–Trinajstić information content (AvgIpc) is 2.72. The molecule has 0 saturated heterocycles. The number of carbonyl (C=O) groups is 2. The maximum atomic E-state index is 13.0. The monoisotopic (exact) mass is 425 g/mol. The lowest BCUT2D eigenvalue weighted by atomic mass is 9.94. The molecule has 0 spiro atoms. The summed E-state index contributed by atoms with van der Waals surface area (Å²) in [6.07, 6.45) is 0. The zero-order valence-electron chi connectivity index (χ0n) is 15.6. The molecule has 1 aliphatic rings. The van der Waals surface area contributed by atoms with Crippen molar-refractivity contribution in [3.63, 3.8) is 0 Å². The molecule has 0 radical (unpaired) electrons. The summed E-state index contributed by atoms with van der Waals surface area (Å²) in [5.41, 5.74) is 0.192. The highest BCUT2D eigenvalue weighted by molar-refractivity contribution is 7.89. The Balaban J connectivity index is 1.79. The molecule has 0 fully saturated rings. The van der Waals surface area contributed by atoms with Gasteiger partial charge in [0.25, 0.3) is 21.6 Å². The number of likely N-dealkylation sites (N-methyl/N-ethyl adjacent to an activating group) is 1. The molecule has 9 nitrogen and oxygen atoms in total. The van der Waals surface area contributed by atoms with Gasteiger partial charge in [-0.2, -0.15) is 0 Å². The van der Waals surface area contributed by atoms with E-state index < -0.39 is 32.7 Å². The number of benzene rings is 3. The lowest BCUT2D eigenvalue weighted by molar-refractivity contribution is -0.384. The van der Waals surface area contributed by atoms with Gasteiger partial charge in [0.1, 0.15) is 5.92 Å². The maximum absolute atomic E-state index is 13.0. The van der Waals surface area contributed by atoms with Crippen LogP contribution in [-0.4, -0.2) is 36.5 Å². The summed E-state index contributed by atoms with van der Waals surface area (Å²) in [5.74, 6) is -2.99. The van der Waals surface area contributed by atoms with Gasteiger partial charge in [-0.1, -0.05) is 24.3 Å². The van der Waals surface area contributed by atoms with Gasteiger partial charge in [-0.15, -0.1) is 0 Å². The summed E-state index contributed by atoms with van der Waals surface area (Å²) < 4.78 is 26.2. The van der Waals surface area contributed by atoms with Gasteiger partial charge in [-0.3, -0.25) is 19.7 Å². The standard InChI is InChI=1S/C20H15N3O6S/c1-22-20(25)18(19(24)21-14-6-8-15(9-7-14)23(26)27)16-10-12-4-2-3-5-13(12)11-17(16)30(22,28)29/h2-11,18H,1H3,(H,21,24). The fourth-order valence-corrected chi connectivity index (χ4v) is 4.79. The van der Waals surface area contributed by atoms with E-state index >= 15 is 0 Å². The van der Waals surface area contributed by atoms with Gasteiger partial charge in [-0.05, 0) is 40.6 Å². The first-order valence-corrected chi connectivity index (χ1v) is 10.2. The summed E-state index contributed by atoms with van der Waals surface area (Å²) in [6, 6.07) is 15.1. The molecule has 0 saturated carbocycles. The number of hydrogen-bond donors (Lipinski definition) is 1. The van der Waals surface area contributed by atoms with Crippen molar-refractivity contribution in [3.05, 3.63) is 76.3 Å². The minimum atomic E-state index is -4.09. The minimum Gasteiger partial charge on any atom is -0.325 e. The van der Waals surface area contributed by atoms with Crippen LogP contribution in [0.2, 0.25) is 0 Å². The summed E-state index contributed by atoms with van der Waals surface area (Å²) in [7, 11) is -2.97. The third-order valence-corrected chi connectivity index (χ3v) is 6.80. The van der Waals surface area contributed by atoms with E-state index in [9.17, 15) is 28.1 Å². The first kappa shape index (κ1) is 19.5. The van der Waals surface area contributed by atoms with E-state index in [0.717, 1.165) is 7.05 Å². The van der Waals surface area contributed by atoms with Gasteiger partial charge in [0.2, 0.25) is 5.91 Å². The summed E-state index contributed by atoms with van der Waals surface area (Å²) in [5, 5.41) is 14.7. The molecule has 152 valence electrons. The first-order chi connectivity index (χ1) is 14.2. The van der Waals surface area contributed by atoms with E-state index in [1.807, 2.05) is 0 Å². The third kappa shape index (κ3) is 3.07. The summed E-state index contributed by atoms with van der Waals surface area (Å²) >= 11 is 0. The van der Waals surface area contributed by atoms with Crippen LogP contribution in [0.3, 0.4) is 0 Å². The van der Waals surface area contributed by atoms with Crippen LogP contribution in [0.1, 0.15) is 11.5 Å². The van der Waals surface area contributed by atoms with Crippen molar-refractivity contribution < 1.29 is 22.9 Å². The average molecular weight is 425 g/mol. The molecule has 0 aromatic heterocycles. The van der Waals surface area contributed by atoms with Crippen molar-refractivity contribution in [3.8, 4) is 0 Å². The van der Waals surface area contributed by atoms with Crippen LogP contribution in [0.5, 0.6) is 0 Å². The molecule has 30 heavy (non-hydrogen) atoms. The van der Waals surface area contributed by atoms with Crippen molar-refractivity contribution in [2.24, 2.45) is 0 Å². The van der Waals surface area contributed by atoms with Crippen LogP contribution in [0.15, 0.2) is 65.6 Å². The van der Waals surface area contributed by atoms with Crippen molar-refractivity contribution >= 4 is 44.0 Å². The lowest BCUT2D eigenvalue weighted by Gasteiger charge is -2.30. The van der Waals surface area contributed by atoms with E-state index in [-0.39, 0.29) is 21.8 Å². The molecule has 1 aliphatic heterocycles. The van der Waals surface area contributed by atoms with Crippen molar-refractivity contribution in [2.45, 2.75) is 10.8 Å². The molecule has 0 bridgehead atoms. The van der Waals surface area contributed by atoms with Crippen LogP contribution in [0.4, 0.5) is 11.4 Å². The summed E-state index contributed by atoms with van der Waals surface area (Å²) in [4.78, 5) is 35.9. The maximum Gasteiger partial charge on any atom is 0.269 e. The molecule has 10 heteroatoms. The SMILES string of the molecule is CN1C(=O)C(C(=O)Nc2ccc([N+](=O)[O-])cc2)c2cc3ccccc3cc2S1(=O)=O. The van der Waals surface area contributed by atoms with E-state index in [1.54, 1.807) is 24.3 Å². The molecule has 1 N–H and O–H groups in total. The Morgan fingerprint density at radius 2 is 1.67 bits per heavy atom. The number of nitro benzene ring substituents is 1. The molecule has 3 aromatic carbocycles. The fraction of sp³-hybridized carbons (Fsp3) is 0.100. The molecule has 0 aliphatic carbocycles. The quantitative estimate of drug-likeness (QED) is 0.390. The molecular formula is C20H15N3O6S. The second-order valence-electron chi connectivity index (χ2n) is 6.77. The number of anilines is 1. The number of hydrogen-bond acceptors (Lipinski definition) is 6. The van der Waals surface area contributed by atoms with Crippen LogP contribution < -0.4 is 5.32 Å². The number of fused-ring (bicyclic) bond motifs is 2. The number of non-ortho nitro benzene ring substituents is 1. The Morgan fingerprint density at radius 1 is 1.07 bits per heavy atom. The predicted molar refractivity (Wildman–Crippen MR) is 108 cm³/mol. The number of sulfonamides is 1. The van der Waals surface area contributed by atoms with Gasteiger partial charge in [-0.25, -0.2) is 12.7 Å². The molecule has 2 amide bonds. The van der Waals surface area contributed by atoms with Crippen LogP contribution in [0, 0.1) is 10.1 Å². The van der Waals surface area contributed by atoms with Gasteiger partial charge < -0.3 is 5.32 Å². The highest BCUT2D eigenvalue weighted by Crippen LogP contribution is 2.37. The van der Waals surface area contributed by atoms with Crippen molar-refractivity contribution in [1.29, 1.82) is 0 Å². The van der Waals surface area contributed by atoms with E-state index in [4.69, 9.17) is 0 Å². The highest BCUT2D eigenvalue weighted by Gasteiger charge is 2.44. The van der Waals surface area contributed by atoms with Crippen LogP contribution in [0.25, 0.3) is 10.8 Å². The van der Waals surface area contributed by atoms with Gasteiger partial charge in [0.15, 0.2) is 0 Å². The van der Waals surface area contributed by atoms with Crippen molar-refractivity contribution in [2.75, 3.05) is 12.4 Å². The zero-order chi connectivity index (χ0) is 21.6. The molecule has 1 heterocycles. The van der Waals surface area contributed by atoms with Gasteiger partial charge >= 0.3 is 0 Å². The Kier molecular flexibility index (Phi) is 4.50. The normalized spacial score (nSPS) is 17.4. The number of rotatable bonds is 3. The molecular weight excluding hydrogens is 410 g/mol. The van der Waals surface area contributed by atoms with E-state index in [0.29, 0.717) is 15.1 Å². The first-order valence-electron chi connectivity index (χ1n) is 8.81. The molecule has 1 atom stereocenters. The number of carbonyl (C=O) groups excluding carboxylic acids is 2. The number of nitrogens with one attached hydrogen (secondary N) is 1. The zero-order valence-corrected chi connectivity index (χ0v) is 16.4. The Morgan fingerprint density at radius 3 is 2.27 bits per heavy atom. The Hall–Kier alpha value is -3.79. The van der Waals surface area contributed by atoms with Gasteiger partial charge in [0, 0.05) is 24.9 Å². The largest absolute Gasteiger partial charge is 0.325 e. The highest BCUT2D eigenvalue weighted by atomic mass is 32.2. The topological polar surface area (TPSA) is 127 Å². The fourth-order valence-electron chi connectivity index (χ4n) is 3.40. The second kappa shape index (κ2) is 6.92. The van der Waals surface area contributed by atoms with Crippen molar-refractivity contribution in [1.82, 2.24) is 4.31 Å². The number of nitro groups is 1. The Labute approximate surface area is 171 Å². The molecule has 3 aromatic rings. The smallest absolute Gasteiger partial charge is 0.269 e. The number of nitrogens with zero attached hydrogens (tertiary/aromatic N) is 2. The molecule has 4 rings (SSSR count). The Bertz CT molecular complexity index is 1320. The van der Waals surface area contributed by atoms with E-state index in [1.165, 1.54) is 36.4 Å². The predicted octanol–water partition coefficient (Wildman–Crippen LogP) is 2.63. The summed E-state index contributed by atoms with van der Waals surface area (Å²) in [6.45, 7) is 0.